The van der Waals surface area contributed by atoms with Crippen molar-refractivity contribution in [2.45, 2.75) is 26.2 Å². The second-order valence-corrected chi connectivity index (χ2v) is 9.21. The minimum Gasteiger partial charge on any atom is -0.493 e. The van der Waals surface area contributed by atoms with Gasteiger partial charge in [-0.3, -0.25) is 4.79 Å². The molecule has 4 aromatic rings. The largest absolute Gasteiger partial charge is 0.493 e. The summed E-state index contributed by atoms with van der Waals surface area (Å²) >= 11 is 6.94. The molecule has 158 valence electrons. The number of furan rings is 1. The Bertz CT molecular complexity index is 1190. The van der Waals surface area contributed by atoms with Crippen molar-refractivity contribution in [1.29, 1.82) is 0 Å². The summed E-state index contributed by atoms with van der Waals surface area (Å²) in [5.41, 5.74) is 3.17. The minimum absolute atomic E-state index is 0.0399. The van der Waals surface area contributed by atoms with Gasteiger partial charge in [-0.2, -0.15) is 0 Å². The van der Waals surface area contributed by atoms with Gasteiger partial charge in [0.1, 0.15) is 17.1 Å². The zero-order valence-corrected chi connectivity index (χ0v) is 20.3. The predicted octanol–water partition coefficient (Wildman–Crippen LogP) is 7.76. The van der Waals surface area contributed by atoms with E-state index in [4.69, 9.17) is 9.15 Å². The van der Waals surface area contributed by atoms with Crippen molar-refractivity contribution in [1.82, 2.24) is 0 Å². The van der Waals surface area contributed by atoms with E-state index < -0.39 is 0 Å². The van der Waals surface area contributed by atoms with E-state index in [9.17, 15) is 4.79 Å². The monoisotopic (exact) mass is 540 g/mol. The van der Waals surface area contributed by atoms with Crippen molar-refractivity contribution < 1.29 is 13.9 Å². The predicted molar refractivity (Wildman–Crippen MR) is 131 cm³/mol. The Morgan fingerprint density at radius 3 is 2.39 bits per heavy atom. The molecule has 0 saturated carbocycles. The van der Waals surface area contributed by atoms with Crippen LogP contribution in [0.5, 0.6) is 5.75 Å². The fourth-order valence-corrected chi connectivity index (χ4v) is 4.92. The zero-order chi connectivity index (χ0) is 21.8. The fourth-order valence-electron chi connectivity index (χ4n) is 3.63. The van der Waals surface area contributed by atoms with Gasteiger partial charge in [-0.1, -0.05) is 69.1 Å². The summed E-state index contributed by atoms with van der Waals surface area (Å²) in [7, 11) is 0. The van der Waals surface area contributed by atoms with Crippen LogP contribution >= 0.6 is 31.9 Å². The summed E-state index contributed by atoms with van der Waals surface area (Å²) in [6, 6.07) is 21.6. The van der Waals surface area contributed by atoms with E-state index in [1.165, 1.54) is 5.56 Å². The lowest BCUT2D eigenvalue weighted by atomic mass is 9.99. The Morgan fingerprint density at radius 2 is 1.68 bits per heavy atom. The number of hydrogen-bond acceptors (Lipinski definition) is 3. The molecule has 0 aliphatic carbocycles. The molecule has 0 aliphatic rings. The summed E-state index contributed by atoms with van der Waals surface area (Å²) in [5, 5.41) is 0.819. The first-order valence-electron chi connectivity index (χ1n) is 10.3. The molecule has 0 spiro atoms. The van der Waals surface area contributed by atoms with E-state index in [1.807, 2.05) is 54.6 Å². The summed E-state index contributed by atoms with van der Waals surface area (Å²) in [4.78, 5) is 13.4. The molecule has 0 fully saturated rings. The first kappa shape index (κ1) is 21.8. The molecule has 0 radical (unpaired) electrons. The van der Waals surface area contributed by atoms with Crippen molar-refractivity contribution in [3.63, 3.8) is 0 Å². The van der Waals surface area contributed by atoms with Gasteiger partial charge in [0.15, 0.2) is 5.78 Å². The van der Waals surface area contributed by atoms with Gasteiger partial charge in [0.2, 0.25) is 0 Å². The Hall–Kier alpha value is -2.37. The molecule has 0 atom stereocenters. The number of benzene rings is 3. The Kier molecular flexibility index (Phi) is 6.93. The molecular formula is C26H22Br2O3. The number of halogens is 2. The molecule has 31 heavy (non-hydrogen) atoms. The van der Waals surface area contributed by atoms with Crippen LogP contribution in [0.2, 0.25) is 0 Å². The van der Waals surface area contributed by atoms with Crippen LogP contribution in [0.15, 0.2) is 80.1 Å². The lowest BCUT2D eigenvalue weighted by Crippen LogP contribution is -2.04. The average Bonchev–Trinajstić information content (AvgIpc) is 3.10. The highest BCUT2D eigenvalue weighted by Gasteiger charge is 2.22. The smallest absolute Gasteiger partial charge is 0.197 e. The van der Waals surface area contributed by atoms with Gasteiger partial charge in [0.25, 0.3) is 0 Å². The minimum atomic E-state index is -0.0399. The van der Waals surface area contributed by atoms with Crippen LogP contribution in [0.4, 0.5) is 0 Å². The third kappa shape index (κ3) is 5.10. The van der Waals surface area contributed by atoms with Crippen LogP contribution in [0.1, 0.15) is 40.6 Å². The highest BCUT2D eigenvalue weighted by Crippen LogP contribution is 2.33. The van der Waals surface area contributed by atoms with Crippen LogP contribution < -0.4 is 4.74 Å². The molecule has 0 bridgehead atoms. The highest BCUT2D eigenvalue weighted by atomic mass is 79.9. The molecule has 0 aliphatic heterocycles. The third-order valence-corrected chi connectivity index (χ3v) is 5.98. The van der Waals surface area contributed by atoms with E-state index in [-0.39, 0.29) is 5.78 Å². The first-order valence-corrected chi connectivity index (χ1v) is 11.9. The standard InChI is InChI=1S/C26H22Br2O3/c1-2-6-23-25(26(29)18-13-19(27)15-20(28)14-18)22-10-9-21(16-24(22)31-23)30-12-11-17-7-4-3-5-8-17/h3-5,7-10,13-16H,2,6,11-12H2,1H3. The topological polar surface area (TPSA) is 39.4 Å². The Labute approximate surface area is 198 Å². The van der Waals surface area contributed by atoms with E-state index in [0.717, 1.165) is 38.7 Å². The molecule has 5 heteroatoms. The van der Waals surface area contributed by atoms with E-state index in [0.29, 0.717) is 29.7 Å². The summed E-state index contributed by atoms with van der Waals surface area (Å²) in [6.45, 7) is 2.66. The van der Waals surface area contributed by atoms with Crippen molar-refractivity contribution in [2.24, 2.45) is 0 Å². The SMILES string of the molecule is CCCc1oc2cc(OCCc3ccccc3)ccc2c1C(=O)c1cc(Br)cc(Br)c1. The molecule has 0 N–H and O–H groups in total. The summed E-state index contributed by atoms with van der Waals surface area (Å²) in [6.07, 6.45) is 2.43. The lowest BCUT2D eigenvalue weighted by molar-refractivity contribution is 0.103. The number of ketones is 1. The van der Waals surface area contributed by atoms with Gasteiger partial charge in [0.05, 0.1) is 12.2 Å². The Balaban J connectivity index is 1.62. The quantitative estimate of drug-likeness (QED) is 0.214. The van der Waals surface area contributed by atoms with Crippen molar-refractivity contribution in [2.75, 3.05) is 6.61 Å². The van der Waals surface area contributed by atoms with Crippen LogP contribution in [0.3, 0.4) is 0 Å². The molecule has 4 rings (SSSR count). The second-order valence-electron chi connectivity index (χ2n) is 7.38. The molecule has 1 aromatic heterocycles. The van der Waals surface area contributed by atoms with Crippen molar-refractivity contribution in [3.8, 4) is 5.75 Å². The van der Waals surface area contributed by atoms with E-state index in [2.05, 4.69) is 50.9 Å². The lowest BCUT2D eigenvalue weighted by Gasteiger charge is -2.06. The maximum absolute atomic E-state index is 13.4. The third-order valence-electron chi connectivity index (χ3n) is 5.07. The second kappa shape index (κ2) is 9.84. The first-order chi connectivity index (χ1) is 15.0. The number of hydrogen-bond donors (Lipinski definition) is 0. The number of fused-ring (bicyclic) bond motifs is 1. The molecule has 0 saturated heterocycles. The number of aryl methyl sites for hydroxylation is 1. The van der Waals surface area contributed by atoms with Gasteiger partial charge in [-0.15, -0.1) is 0 Å². The Morgan fingerprint density at radius 1 is 0.935 bits per heavy atom. The van der Waals surface area contributed by atoms with Crippen LogP contribution in [0.25, 0.3) is 11.0 Å². The molecule has 3 nitrogen and oxygen atoms in total. The van der Waals surface area contributed by atoms with Gasteiger partial charge in [0, 0.05) is 38.8 Å². The van der Waals surface area contributed by atoms with Crippen molar-refractivity contribution >= 4 is 48.6 Å². The van der Waals surface area contributed by atoms with E-state index >= 15 is 0 Å². The van der Waals surface area contributed by atoms with Crippen molar-refractivity contribution in [3.05, 3.63) is 98.1 Å². The average molecular weight is 542 g/mol. The number of ether oxygens (including phenoxy) is 1. The maximum Gasteiger partial charge on any atom is 0.197 e. The van der Waals surface area contributed by atoms with Gasteiger partial charge < -0.3 is 9.15 Å². The van der Waals surface area contributed by atoms with Crippen LogP contribution in [0, 0.1) is 0 Å². The highest BCUT2D eigenvalue weighted by molar-refractivity contribution is 9.11. The molecular weight excluding hydrogens is 520 g/mol. The molecule has 3 aromatic carbocycles. The summed E-state index contributed by atoms with van der Waals surface area (Å²) < 4.78 is 13.8. The van der Waals surface area contributed by atoms with E-state index in [1.54, 1.807) is 0 Å². The maximum atomic E-state index is 13.4. The molecule has 0 unspecified atom stereocenters. The zero-order valence-electron chi connectivity index (χ0n) is 17.2. The molecule has 0 amide bonds. The fraction of sp³-hybridized carbons (Fsp3) is 0.192. The molecule has 1 heterocycles. The summed E-state index contributed by atoms with van der Waals surface area (Å²) in [5.74, 6) is 1.42. The van der Waals surface area contributed by atoms with Crippen LogP contribution in [-0.4, -0.2) is 12.4 Å². The number of carbonyl (C=O) groups excluding carboxylic acids is 1. The normalized spacial score (nSPS) is 11.1. The number of rotatable bonds is 8. The van der Waals surface area contributed by atoms with Crippen LogP contribution in [-0.2, 0) is 12.8 Å². The van der Waals surface area contributed by atoms with Gasteiger partial charge >= 0.3 is 0 Å². The van der Waals surface area contributed by atoms with Gasteiger partial charge in [-0.25, -0.2) is 0 Å². The number of carbonyl (C=O) groups is 1. The van der Waals surface area contributed by atoms with Gasteiger partial charge in [-0.05, 0) is 42.3 Å².